The first kappa shape index (κ1) is 16.3. The maximum absolute atomic E-state index is 14.5. The van der Waals surface area contributed by atoms with E-state index in [0.29, 0.717) is 11.4 Å². The summed E-state index contributed by atoms with van der Waals surface area (Å²) in [6.45, 7) is 0.161. The summed E-state index contributed by atoms with van der Waals surface area (Å²) in [6.07, 6.45) is 2.37. The maximum atomic E-state index is 14.5. The van der Waals surface area contributed by atoms with Gasteiger partial charge in [0.2, 0.25) is 10.0 Å². The Balaban J connectivity index is 2.03. The molecule has 0 bridgehead atoms. The molecule has 3 rings (SSSR count). The molecule has 1 aromatic carbocycles. The van der Waals surface area contributed by atoms with Gasteiger partial charge in [0.1, 0.15) is 11.6 Å². The van der Waals surface area contributed by atoms with Gasteiger partial charge in [0.25, 0.3) is 0 Å². The number of anilines is 2. The van der Waals surface area contributed by atoms with Crippen LogP contribution in [0.5, 0.6) is 0 Å². The van der Waals surface area contributed by atoms with Crippen LogP contribution in [0.2, 0.25) is 0 Å². The molecule has 2 N–H and O–H groups in total. The van der Waals surface area contributed by atoms with Crippen LogP contribution in [-0.2, 0) is 10.0 Å². The summed E-state index contributed by atoms with van der Waals surface area (Å²) in [5, 5.41) is 2.90. The Morgan fingerprint density at radius 1 is 1.33 bits per heavy atom. The van der Waals surface area contributed by atoms with E-state index in [9.17, 15) is 22.0 Å². The number of ketones is 1. The maximum Gasteiger partial charge on any atom is 0.229 e. The summed E-state index contributed by atoms with van der Waals surface area (Å²) >= 11 is 0. The van der Waals surface area contributed by atoms with Gasteiger partial charge in [-0.05, 0) is 18.2 Å². The third-order valence-corrected chi connectivity index (χ3v) is 4.23. The summed E-state index contributed by atoms with van der Waals surface area (Å²) in [5.74, 6) is -3.37. The standard InChI is InChI=1S/C15H13F2N3O3S/c1-24(22,23)20-11-5-4-10(16)12(13(11)17)14(21)9-7-19-15-8(9)3-2-6-18-15/h2-6,9,20H,7H2,1H3,(H,18,19). The Hall–Kier alpha value is -2.55. The number of carbonyl (C=O) groups is 1. The molecule has 0 aliphatic carbocycles. The van der Waals surface area contributed by atoms with Gasteiger partial charge in [-0.15, -0.1) is 0 Å². The van der Waals surface area contributed by atoms with Crippen molar-refractivity contribution in [1.82, 2.24) is 4.98 Å². The number of nitrogens with one attached hydrogen (secondary N) is 2. The molecular weight excluding hydrogens is 340 g/mol. The molecular formula is C15H13F2N3O3S. The second kappa shape index (κ2) is 5.82. The Morgan fingerprint density at radius 2 is 2.08 bits per heavy atom. The lowest BCUT2D eigenvalue weighted by Gasteiger charge is -2.13. The Kier molecular flexibility index (Phi) is 3.96. The molecule has 0 saturated heterocycles. The summed E-state index contributed by atoms with van der Waals surface area (Å²) < 4.78 is 53.0. The summed E-state index contributed by atoms with van der Waals surface area (Å²) in [6, 6.07) is 5.07. The number of hydrogen-bond donors (Lipinski definition) is 2. The molecule has 9 heteroatoms. The number of sulfonamides is 1. The van der Waals surface area contributed by atoms with E-state index in [-0.39, 0.29) is 6.54 Å². The lowest BCUT2D eigenvalue weighted by molar-refractivity contribution is 0.0958. The molecule has 0 spiro atoms. The number of halogens is 2. The zero-order valence-corrected chi connectivity index (χ0v) is 13.3. The van der Waals surface area contributed by atoms with Crippen molar-refractivity contribution in [2.45, 2.75) is 5.92 Å². The first-order valence-electron chi connectivity index (χ1n) is 6.96. The van der Waals surface area contributed by atoms with Crippen molar-refractivity contribution in [3.05, 3.63) is 53.2 Å². The minimum absolute atomic E-state index is 0.161. The minimum Gasteiger partial charge on any atom is -0.369 e. The van der Waals surface area contributed by atoms with Gasteiger partial charge in [0.15, 0.2) is 11.6 Å². The van der Waals surface area contributed by atoms with Gasteiger partial charge in [-0.1, -0.05) is 6.07 Å². The smallest absolute Gasteiger partial charge is 0.229 e. The molecule has 2 heterocycles. The number of fused-ring (bicyclic) bond motifs is 1. The first-order valence-corrected chi connectivity index (χ1v) is 8.86. The average Bonchev–Trinajstić information content (AvgIpc) is 2.93. The Labute approximate surface area is 137 Å². The van der Waals surface area contributed by atoms with Gasteiger partial charge in [0.05, 0.1) is 23.4 Å². The molecule has 0 amide bonds. The molecule has 0 fully saturated rings. The van der Waals surface area contributed by atoms with Gasteiger partial charge in [0, 0.05) is 18.3 Å². The van der Waals surface area contributed by atoms with Gasteiger partial charge >= 0.3 is 0 Å². The van der Waals surface area contributed by atoms with Crippen molar-refractivity contribution in [3.8, 4) is 0 Å². The van der Waals surface area contributed by atoms with E-state index in [1.165, 1.54) is 6.20 Å². The highest BCUT2D eigenvalue weighted by molar-refractivity contribution is 7.92. The van der Waals surface area contributed by atoms with Crippen LogP contribution in [0.1, 0.15) is 21.8 Å². The minimum atomic E-state index is -3.77. The highest BCUT2D eigenvalue weighted by Crippen LogP contribution is 2.34. The quantitative estimate of drug-likeness (QED) is 0.822. The normalized spacial score (nSPS) is 16.4. The van der Waals surface area contributed by atoms with E-state index in [1.54, 1.807) is 12.1 Å². The Bertz CT molecular complexity index is 932. The molecule has 0 saturated carbocycles. The van der Waals surface area contributed by atoms with E-state index in [4.69, 9.17) is 0 Å². The largest absolute Gasteiger partial charge is 0.369 e. The van der Waals surface area contributed by atoms with Gasteiger partial charge in [-0.2, -0.15) is 0 Å². The number of rotatable bonds is 4. The second-order valence-electron chi connectivity index (χ2n) is 5.40. The molecule has 2 aromatic rings. The van der Waals surface area contributed by atoms with Gasteiger partial charge in [-0.3, -0.25) is 9.52 Å². The van der Waals surface area contributed by atoms with E-state index >= 15 is 0 Å². The summed E-state index contributed by atoms with van der Waals surface area (Å²) in [5.41, 5.74) is -0.699. The predicted molar refractivity (Wildman–Crippen MR) is 84.6 cm³/mol. The predicted octanol–water partition coefficient (Wildman–Crippen LogP) is 2.12. The molecule has 1 aliphatic rings. The van der Waals surface area contributed by atoms with Gasteiger partial charge < -0.3 is 5.32 Å². The SMILES string of the molecule is CS(=O)(=O)Nc1ccc(F)c(C(=O)C2CNc3ncccc32)c1F. The second-order valence-corrected chi connectivity index (χ2v) is 7.15. The van der Waals surface area contributed by atoms with Crippen LogP contribution in [-0.4, -0.2) is 32.0 Å². The van der Waals surface area contributed by atoms with E-state index < -0.39 is 44.6 Å². The van der Waals surface area contributed by atoms with Crippen molar-refractivity contribution in [2.24, 2.45) is 0 Å². The van der Waals surface area contributed by atoms with Crippen LogP contribution in [0.15, 0.2) is 30.5 Å². The lowest BCUT2D eigenvalue weighted by Crippen LogP contribution is -2.19. The highest BCUT2D eigenvalue weighted by Gasteiger charge is 2.34. The zero-order chi connectivity index (χ0) is 17.5. The highest BCUT2D eigenvalue weighted by atomic mass is 32.2. The van der Waals surface area contributed by atoms with E-state index in [2.05, 4.69) is 10.3 Å². The zero-order valence-electron chi connectivity index (χ0n) is 12.5. The number of carbonyl (C=O) groups excluding carboxylic acids is 1. The van der Waals surface area contributed by atoms with Crippen LogP contribution >= 0.6 is 0 Å². The fourth-order valence-electron chi connectivity index (χ4n) is 2.62. The van der Waals surface area contributed by atoms with Crippen molar-refractivity contribution in [1.29, 1.82) is 0 Å². The lowest BCUT2D eigenvalue weighted by atomic mass is 9.92. The van der Waals surface area contributed by atoms with Crippen molar-refractivity contribution >= 4 is 27.3 Å². The summed E-state index contributed by atoms with van der Waals surface area (Å²) in [4.78, 5) is 16.7. The number of Topliss-reactive ketones (excluding diaryl/α,β-unsaturated/α-hetero) is 1. The number of aromatic nitrogens is 1. The molecule has 1 unspecified atom stereocenters. The van der Waals surface area contributed by atoms with Gasteiger partial charge in [-0.25, -0.2) is 22.2 Å². The van der Waals surface area contributed by atoms with E-state index in [0.717, 1.165) is 18.4 Å². The number of hydrogen-bond acceptors (Lipinski definition) is 5. The number of benzene rings is 1. The van der Waals surface area contributed by atoms with E-state index in [1.807, 2.05) is 4.72 Å². The topological polar surface area (TPSA) is 88.2 Å². The first-order chi connectivity index (χ1) is 11.3. The van der Waals surface area contributed by atoms with Crippen LogP contribution < -0.4 is 10.0 Å². The Morgan fingerprint density at radius 3 is 2.79 bits per heavy atom. The fraction of sp³-hybridized carbons (Fsp3) is 0.200. The molecule has 1 aliphatic heterocycles. The molecule has 6 nitrogen and oxygen atoms in total. The molecule has 126 valence electrons. The molecule has 0 radical (unpaired) electrons. The molecule has 1 aromatic heterocycles. The van der Waals surface area contributed by atoms with Crippen LogP contribution in [0.25, 0.3) is 0 Å². The molecule has 24 heavy (non-hydrogen) atoms. The third-order valence-electron chi connectivity index (χ3n) is 3.64. The monoisotopic (exact) mass is 353 g/mol. The van der Waals surface area contributed by atoms with Crippen molar-refractivity contribution in [3.63, 3.8) is 0 Å². The van der Waals surface area contributed by atoms with Crippen molar-refractivity contribution in [2.75, 3.05) is 22.8 Å². The van der Waals surface area contributed by atoms with Crippen LogP contribution in [0.3, 0.4) is 0 Å². The van der Waals surface area contributed by atoms with Crippen molar-refractivity contribution < 1.29 is 22.0 Å². The average molecular weight is 353 g/mol. The van der Waals surface area contributed by atoms with Crippen LogP contribution in [0, 0.1) is 11.6 Å². The van der Waals surface area contributed by atoms with Crippen LogP contribution in [0.4, 0.5) is 20.3 Å². The fourth-order valence-corrected chi connectivity index (χ4v) is 3.18. The molecule has 1 atom stereocenters. The number of nitrogens with zero attached hydrogens (tertiary/aromatic N) is 1. The summed E-state index contributed by atoms with van der Waals surface area (Å²) in [7, 11) is -3.77. The third kappa shape index (κ3) is 2.94. The number of pyridine rings is 1.